The fourth-order valence-electron chi connectivity index (χ4n) is 4.26. The molecule has 4 rings (SSSR count). The standard InChI is InChI=1S/C23H19Cl3N2O4/c24-15-8-5-13(6-9-15)20(29)12-27(21(30)14-7-10-18(25)19(26)11-14)28-22(31)16-3-1-2-4-17(16)23(28)32/h5-11,16-17H,1-4,12H2/t16-,17-/m1/s1. The summed E-state index contributed by atoms with van der Waals surface area (Å²) in [6, 6.07) is 10.4. The topological polar surface area (TPSA) is 74.8 Å². The number of Topliss-reactive ketones (excluding diaryl/α,β-unsaturated/α-hetero) is 1. The SMILES string of the molecule is O=C(CN(C(=O)c1ccc(Cl)c(Cl)c1)N1C(=O)[C@@H]2CCCC[C@H]2C1=O)c1ccc(Cl)cc1. The number of carbonyl (C=O) groups excluding carboxylic acids is 4. The van der Waals surface area contributed by atoms with E-state index in [0.29, 0.717) is 23.4 Å². The van der Waals surface area contributed by atoms with Crippen molar-refractivity contribution in [3.8, 4) is 0 Å². The number of halogens is 3. The highest BCUT2D eigenvalue weighted by molar-refractivity contribution is 6.42. The Morgan fingerprint density at radius 3 is 1.97 bits per heavy atom. The van der Waals surface area contributed by atoms with Crippen LogP contribution in [0.3, 0.4) is 0 Å². The van der Waals surface area contributed by atoms with E-state index >= 15 is 0 Å². The fourth-order valence-corrected chi connectivity index (χ4v) is 4.68. The lowest BCUT2D eigenvalue weighted by atomic mass is 9.81. The highest BCUT2D eigenvalue weighted by Crippen LogP contribution is 2.39. The van der Waals surface area contributed by atoms with Gasteiger partial charge >= 0.3 is 0 Å². The van der Waals surface area contributed by atoms with Gasteiger partial charge in [0.2, 0.25) is 0 Å². The number of hydrogen-bond donors (Lipinski definition) is 0. The zero-order valence-corrected chi connectivity index (χ0v) is 19.2. The van der Waals surface area contributed by atoms with Gasteiger partial charge in [0.15, 0.2) is 5.78 Å². The molecule has 0 bridgehead atoms. The van der Waals surface area contributed by atoms with Crippen LogP contribution >= 0.6 is 34.8 Å². The Labute approximate surface area is 200 Å². The van der Waals surface area contributed by atoms with E-state index in [1.807, 2.05) is 0 Å². The molecule has 2 aromatic carbocycles. The van der Waals surface area contributed by atoms with Gasteiger partial charge in [-0.1, -0.05) is 47.6 Å². The molecule has 6 nitrogen and oxygen atoms in total. The van der Waals surface area contributed by atoms with Crippen LogP contribution in [0.4, 0.5) is 0 Å². The van der Waals surface area contributed by atoms with E-state index in [2.05, 4.69) is 0 Å². The number of benzene rings is 2. The van der Waals surface area contributed by atoms with E-state index in [1.165, 1.54) is 30.3 Å². The Morgan fingerprint density at radius 2 is 1.41 bits per heavy atom. The summed E-state index contributed by atoms with van der Waals surface area (Å²) in [5.41, 5.74) is 0.414. The molecule has 0 radical (unpaired) electrons. The molecule has 1 saturated carbocycles. The van der Waals surface area contributed by atoms with E-state index in [9.17, 15) is 19.2 Å². The predicted octanol–water partition coefficient (Wildman–Crippen LogP) is 5.06. The predicted molar refractivity (Wildman–Crippen MR) is 121 cm³/mol. The monoisotopic (exact) mass is 492 g/mol. The molecule has 1 heterocycles. The summed E-state index contributed by atoms with van der Waals surface area (Å²) >= 11 is 17.9. The zero-order valence-electron chi connectivity index (χ0n) is 16.9. The highest BCUT2D eigenvalue weighted by Gasteiger charge is 2.51. The van der Waals surface area contributed by atoms with Gasteiger partial charge in [0, 0.05) is 16.1 Å². The molecular weight excluding hydrogens is 475 g/mol. The second-order valence-corrected chi connectivity index (χ2v) is 9.16. The zero-order chi connectivity index (χ0) is 23.0. The van der Waals surface area contributed by atoms with Crippen molar-refractivity contribution in [1.82, 2.24) is 10.0 Å². The van der Waals surface area contributed by atoms with Gasteiger partial charge in [0.05, 0.1) is 21.9 Å². The molecule has 9 heteroatoms. The first kappa shape index (κ1) is 22.8. The van der Waals surface area contributed by atoms with Gasteiger partial charge < -0.3 is 0 Å². The summed E-state index contributed by atoms with van der Waals surface area (Å²) < 4.78 is 0. The maximum absolute atomic E-state index is 13.4. The van der Waals surface area contributed by atoms with Gasteiger partial charge in [0.1, 0.15) is 6.54 Å². The minimum Gasteiger partial charge on any atom is -0.292 e. The Morgan fingerprint density at radius 1 is 0.844 bits per heavy atom. The highest BCUT2D eigenvalue weighted by atomic mass is 35.5. The summed E-state index contributed by atoms with van der Waals surface area (Å²) in [6.45, 7) is -0.488. The molecule has 0 unspecified atom stereocenters. The van der Waals surface area contributed by atoms with Gasteiger partial charge in [-0.05, 0) is 55.3 Å². The van der Waals surface area contributed by atoms with Crippen LogP contribution in [0.2, 0.25) is 15.1 Å². The lowest BCUT2D eigenvalue weighted by Gasteiger charge is -2.30. The summed E-state index contributed by atoms with van der Waals surface area (Å²) in [4.78, 5) is 52.7. The minimum atomic E-state index is -0.689. The van der Waals surface area contributed by atoms with Gasteiger partial charge in [-0.15, -0.1) is 0 Å². The maximum atomic E-state index is 13.4. The maximum Gasteiger partial charge on any atom is 0.273 e. The Kier molecular flexibility index (Phi) is 6.56. The van der Waals surface area contributed by atoms with Crippen molar-refractivity contribution in [1.29, 1.82) is 0 Å². The van der Waals surface area contributed by atoms with Crippen LogP contribution in [0, 0.1) is 11.8 Å². The van der Waals surface area contributed by atoms with Gasteiger partial charge in [-0.3, -0.25) is 19.2 Å². The number of amides is 3. The first-order valence-corrected chi connectivity index (χ1v) is 11.3. The average Bonchev–Trinajstić information content (AvgIpc) is 3.04. The van der Waals surface area contributed by atoms with Crippen molar-refractivity contribution in [3.05, 3.63) is 68.7 Å². The molecule has 2 atom stereocenters. The van der Waals surface area contributed by atoms with Crippen molar-refractivity contribution in [2.75, 3.05) is 6.54 Å². The molecule has 0 spiro atoms. The minimum absolute atomic E-state index is 0.110. The first-order chi connectivity index (χ1) is 15.3. The molecule has 2 aliphatic rings. The third kappa shape index (κ3) is 4.27. The third-order valence-corrected chi connectivity index (χ3v) is 6.91. The molecule has 166 valence electrons. The third-order valence-electron chi connectivity index (χ3n) is 5.92. The summed E-state index contributed by atoms with van der Waals surface area (Å²) in [6.07, 6.45) is 2.87. The van der Waals surface area contributed by atoms with Crippen molar-refractivity contribution in [3.63, 3.8) is 0 Å². The molecule has 3 amide bonds. The van der Waals surface area contributed by atoms with Crippen LogP contribution in [0.25, 0.3) is 0 Å². The second-order valence-electron chi connectivity index (χ2n) is 7.91. The molecule has 1 aliphatic carbocycles. The molecule has 1 aliphatic heterocycles. The summed E-state index contributed by atoms with van der Waals surface area (Å²) in [5.74, 6) is -2.96. The molecular formula is C23H19Cl3N2O4. The number of hydrazine groups is 1. The number of imide groups is 1. The molecule has 0 aromatic heterocycles. The summed E-state index contributed by atoms with van der Waals surface area (Å²) in [5, 5.41) is 2.65. The molecule has 2 aromatic rings. The molecule has 2 fully saturated rings. The Bertz CT molecular complexity index is 1080. The van der Waals surface area contributed by atoms with Crippen molar-refractivity contribution >= 4 is 58.3 Å². The molecule has 32 heavy (non-hydrogen) atoms. The normalized spacial score (nSPS) is 20.3. The summed E-state index contributed by atoms with van der Waals surface area (Å²) in [7, 11) is 0. The van der Waals surface area contributed by atoms with Crippen molar-refractivity contribution in [2.24, 2.45) is 11.8 Å². The number of nitrogens with zero attached hydrogens (tertiary/aromatic N) is 2. The van der Waals surface area contributed by atoms with E-state index in [0.717, 1.165) is 22.9 Å². The van der Waals surface area contributed by atoms with Crippen LogP contribution < -0.4 is 0 Å². The molecule has 0 N–H and O–H groups in total. The van der Waals surface area contributed by atoms with Crippen LogP contribution in [-0.4, -0.2) is 40.1 Å². The number of ketones is 1. The number of hydrogen-bond acceptors (Lipinski definition) is 4. The average molecular weight is 494 g/mol. The van der Waals surface area contributed by atoms with E-state index < -0.39 is 41.9 Å². The second kappa shape index (κ2) is 9.22. The van der Waals surface area contributed by atoms with Crippen molar-refractivity contribution < 1.29 is 19.2 Å². The van der Waals surface area contributed by atoms with Gasteiger partial charge in [0.25, 0.3) is 17.7 Å². The lowest BCUT2D eigenvalue weighted by Crippen LogP contribution is -2.52. The molecule has 1 saturated heterocycles. The van der Waals surface area contributed by atoms with Crippen LogP contribution in [-0.2, 0) is 9.59 Å². The quantitative estimate of drug-likeness (QED) is 0.431. The van der Waals surface area contributed by atoms with E-state index in [-0.39, 0.29) is 15.6 Å². The van der Waals surface area contributed by atoms with E-state index in [1.54, 1.807) is 12.1 Å². The number of fused-ring (bicyclic) bond motifs is 1. The van der Waals surface area contributed by atoms with Crippen LogP contribution in [0.5, 0.6) is 0 Å². The first-order valence-electron chi connectivity index (χ1n) is 10.2. The Balaban J connectivity index is 1.70. The van der Waals surface area contributed by atoms with Gasteiger partial charge in [-0.2, -0.15) is 5.01 Å². The number of rotatable bonds is 5. The van der Waals surface area contributed by atoms with Crippen LogP contribution in [0.1, 0.15) is 46.4 Å². The fraction of sp³-hybridized carbons (Fsp3) is 0.304. The Hall–Kier alpha value is -2.41. The van der Waals surface area contributed by atoms with E-state index in [4.69, 9.17) is 34.8 Å². The smallest absolute Gasteiger partial charge is 0.273 e. The van der Waals surface area contributed by atoms with Crippen LogP contribution in [0.15, 0.2) is 42.5 Å². The number of carbonyl (C=O) groups is 4. The lowest BCUT2D eigenvalue weighted by molar-refractivity contribution is -0.154. The van der Waals surface area contributed by atoms with Crippen molar-refractivity contribution in [2.45, 2.75) is 25.7 Å². The van der Waals surface area contributed by atoms with Gasteiger partial charge in [-0.25, -0.2) is 5.01 Å². The largest absolute Gasteiger partial charge is 0.292 e.